The van der Waals surface area contributed by atoms with E-state index >= 15 is 0 Å². The van der Waals surface area contributed by atoms with Crippen LogP contribution in [0.4, 0.5) is 17.1 Å². The molecule has 9 heteroatoms. The van der Waals surface area contributed by atoms with Crippen LogP contribution in [-0.2, 0) is 16.0 Å². The number of methoxy groups -OCH3 is 2. The van der Waals surface area contributed by atoms with Crippen LogP contribution in [0.3, 0.4) is 0 Å². The molecule has 0 bridgehead atoms. The lowest BCUT2D eigenvalue weighted by molar-refractivity contribution is -0.384. The van der Waals surface area contributed by atoms with Crippen LogP contribution in [0.15, 0.2) is 30.3 Å². The summed E-state index contributed by atoms with van der Waals surface area (Å²) in [5.74, 6) is 0.150. The molecule has 0 spiro atoms. The molecule has 2 heterocycles. The van der Waals surface area contributed by atoms with Crippen LogP contribution in [0.25, 0.3) is 0 Å². The minimum atomic E-state index is -0.468. The highest BCUT2D eigenvalue weighted by molar-refractivity contribution is 6.21. The summed E-state index contributed by atoms with van der Waals surface area (Å²) in [6, 6.07) is 8.25. The van der Waals surface area contributed by atoms with Crippen LogP contribution in [0.5, 0.6) is 11.5 Å². The smallest absolute Gasteiger partial charge is 0.294 e. The lowest BCUT2D eigenvalue weighted by atomic mass is 9.92. The number of nitrogens with zero attached hydrogens (tertiary/aromatic N) is 3. The predicted molar refractivity (Wildman–Crippen MR) is 118 cm³/mol. The molecule has 2 aliphatic heterocycles. The summed E-state index contributed by atoms with van der Waals surface area (Å²) in [4.78, 5) is 39.2. The van der Waals surface area contributed by atoms with Gasteiger partial charge in [0.1, 0.15) is 5.69 Å². The van der Waals surface area contributed by atoms with Gasteiger partial charge in [-0.2, -0.15) is 0 Å². The molecule has 32 heavy (non-hydrogen) atoms. The third-order valence-corrected chi connectivity index (χ3v) is 6.28. The van der Waals surface area contributed by atoms with Crippen LogP contribution in [0.1, 0.15) is 37.4 Å². The second-order valence-corrected chi connectivity index (χ2v) is 8.13. The molecule has 168 valence electrons. The van der Waals surface area contributed by atoms with E-state index in [4.69, 9.17) is 9.47 Å². The first-order valence-electron chi connectivity index (χ1n) is 10.4. The number of hydrogen-bond donors (Lipinski definition) is 0. The molecule has 0 aromatic heterocycles. The van der Waals surface area contributed by atoms with E-state index in [9.17, 15) is 19.7 Å². The lowest BCUT2D eigenvalue weighted by Crippen LogP contribution is -2.34. The molecule has 2 amide bonds. The second-order valence-electron chi connectivity index (χ2n) is 8.13. The first kappa shape index (κ1) is 21.6. The van der Waals surface area contributed by atoms with Crippen molar-refractivity contribution < 1.29 is 24.0 Å². The number of ether oxygens (including phenoxy) is 2. The molecule has 1 saturated heterocycles. The van der Waals surface area contributed by atoms with Gasteiger partial charge < -0.3 is 14.4 Å². The number of amides is 2. The van der Waals surface area contributed by atoms with Crippen LogP contribution in [0.2, 0.25) is 0 Å². The molecule has 9 nitrogen and oxygen atoms in total. The number of nitro benzene ring substituents is 1. The fraction of sp³-hybridized carbons (Fsp3) is 0.391. The average Bonchev–Trinajstić information content (AvgIpc) is 3.04. The van der Waals surface area contributed by atoms with Crippen LogP contribution < -0.4 is 19.3 Å². The molecule has 0 N–H and O–H groups in total. The first-order chi connectivity index (χ1) is 15.3. The Balaban J connectivity index is 1.73. The van der Waals surface area contributed by atoms with Gasteiger partial charge in [0.2, 0.25) is 11.8 Å². The van der Waals surface area contributed by atoms with Gasteiger partial charge in [0.05, 0.1) is 30.9 Å². The zero-order valence-electron chi connectivity index (χ0n) is 18.5. The molecule has 0 unspecified atom stereocenters. The topological polar surface area (TPSA) is 102 Å². The Hall–Kier alpha value is -3.62. The molecule has 0 radical (unpaired) electrons. The Kier molecular flexibility index (Phi) is 5.50. The van der Waals surface area contributed by atoms with Crippen LogP contribution >= 0.6 is 0 Å². The summed E-state index contributed by atoms with van der Waals surface area (Å²) in [5.41, 5.74) is 2.65. The first-order valence-corrected chi connectivity index (χ1v) is 10.4. The Morgan fingerprint density at radius 3 is 2.34 bits per heavy atom. The number of carbonyl (C=O) groups excluding carboxylic acids is 2. The van der Waals surface area contributed by atoms with Crippen molar-refractivity contribution in [3.8, 4) is 11.5 Å². The highest BCUT2D eigenvalue weighted by Crippen LogP contribution is 2.43. The summed E-state index contributed by atoms with van der Waals surface area (Å²) < 4.78 is 10.8. The van der Waals surface area contributed by atoms with E-state index in [1.165, 1.54) is 6.07 Å². The molecule has 2 aromatic carbocycles. The largest absolute Gasteiger partial charge is 0.493 e. The average molecular weight is 439 g/mol. The quantitative estimate of drug-likeness (QED) is 0.398. The maximum atomic E-state index is 12.4. The maximum Gasteiger partial charge on any atom is 0.294 e. The number of imide groups is 1. The van der Waals surface area contributed by atoms with Crippen LogP contribution in [0, 0.1) is 16.0 Å². The number of benzene rings is 2. The summed E-state index contributed by atoms with van der Waals surface area (Å²) in [7, 11) is 3.16. The van der Waals surface area contributed by atoms with Gasteiger partial charge in [0, 0.05) is 24.9 Å². The fourth-order valence-electron chi connectivity index (χ4n) is 4.57. The normalized spacial score (nSPS) is 20.4. The number of fused-ring (bicyclic) bond motifs is 1. The zero-order chi connectivity index (χ0) is 23.2. The van der Waals surface area contributed by atoms with E-state index in [0.717, 1.165) is 16.0 Å². The molecule has 1 fully saturated rings. The fourth-order valence-corrected chi connectivity index (χ4v) is 4.57. The van der Waals surface area contributed by atoms with Gasteiger partial charge in [0.15, 0.2) is 11.5 Å². The van der Waals surface area contributed by atoms with E-state index in [1.54, 1.807) is 33.3 Å². The maximum absolute atomic E-state index is 12.4. The molecular formula is C23H25N3O6. The van der Waals surface area contributed by atoms with Crippen molar-refractivity contribution in [1.29, 1.82) is 0 Å². The summed E-state index contributed by atoms with van der Waals surface area (Å²) >= 11 is 0. The summed E-state index contributed by atoms with van der Waals surface area (Å²) in [6.07, 6.45) is 0.791. The highest BCUT2D eigenvalue weighted by atomic mass is 16.6. The van der Waals surface area contributed by atoms with Crippen molar-refractivity contribution in [1.82, 2.24) is 0 Å². The van der Waals surface area contributed by atoms with Gasteiger partial charge in [-0.05, 0) is 48.7 Å². The number of nitro groups is 1. The Labute approximate surface area is 185 Å². The minimum Gasteiger partial charge on any atom is -0.493 e. The number of rotatable bonds is 5. The standard InChI is InChI=1S/C23H25N3O6/c1-13-9-22(27)25(23(13)28)16-5-6-18(19(11-16)26(29)30)24-8-7-15-10-20(31-3)21(32-4)12-17(15)14(24)2/h5-6,10-14H,7-9H2,1-4H3/t13-,14+/m1/s1. The van der Waals surface area contributed by atoms with Gasteiger partial charge >= 0.3 is 0 Å². The third-order valence-electron chi connectivity index (χ3n) is 6.28. The molecule has 4 rings (SSSR count). The summed E-state index contributed by atoms with van der Waals surface area (Å²) in [5, 5.41) is 11.9. The number of carbonyl (C=O) groups is 2. The lowest BCUT2D eigenvalue weighted by Gasteiger charge is -2.37. The van der Waals surface area contributed by atoms with Gasteiger partial charge in [0.25, 0.3) is 5.69 Å². The van der Waals surface area contributed by atoms with E-state index in [0.29, 0.717) is 30.2 Å². The molecule has 2 atom stereocenters. The predicted octanol–water partition coefficient (Wildman–Crippen LogP) is 3.64. The Morgan fingerprint density at radius 2 is 1.75 bits per heavy atom. The highest BCUT2D eigenvalue weighted by Gasteiger charge is 2.38. The SMILES string of the molecule is COc1cc2c(cc1OC)[C@H](C)N(c1ccc(N3C(=O)C[C@@H](C)C3=O)cc1[N+](=O)[O-])CC2. The summed E-state index contributed by atoms with van der Waals surface area (Å²) in [6.45, 7) is 4.23. The van der Waals surface area contributed by atoms with E-state index in [-0.39, 0.29) is 35.7 Å². The monoisotopic (exact) mass is 439 g/mol. The molecule has 0 aliphatic carbocycles. The Bertz CT molecular complexity index is 1120. The number of hydrogen-bond acceptors (Lipinski definition) is 7. The Morgan fingerprint density at radius 1 is 1.06 bits per heavy atom. The van der Waals surface area contributed by atoms with Crippen molar-refractivity contribution >= 4 is 28.9 Å². The molecule has 0 saturated carbocycles. The molecular weight excluding hydrogens is 414 g/mol. The third kappa shape index (κ3) is 3.43. The van der Waals surface area contributed by atoms with Crippen molar-refractivity contribution in [3.63, 3.8) is 0 Å². The molecule has 2 aliphatic rings. The van der Waals surface area contributed by atoms with E-state index in [1.807, 2.05) is 24.0 Å². The minimum absolute atomic E-state index is 0.111. The van der Waals surface area contributed by atoms with E-state index in [2.05, 4.69) is 0 Å². The molecule has 2 aromatic rings. The second kappa shape index (κ2) is 8.14. The van der Waals surface area contributed by atoms with E-state index < -0.39 is 10.8 Å². The van der Waals surface area contributed by atoms with Gasteiger partial charge in [-0.3, -0.25) is 24.6 Å². The van der Waals surface area contributed by atoms with Gasteiger partial charge in [-0.15, -0.1) is 0 Å². The van der Waals surface area contributed by atoms with Crippen molar-refractivity contribution in [2.45, 2.75) is 32.7 Å². The van der Waals surface area contributed by atoms with Crippen LogP contribution in [-0.4, -0.2) is 37.5 Å². The zero-order valence-corrected chi connectivity index (χ0v) is 18.5. The van der Waals surface area contributed by atoms with Crippen molar-refractivity contribution in [2.24, 2.45) is 5.92 Å². The number of anilines is 2. The van der Waals surface area contributed by atoms with Crippen molar-refractivity contribution in [3.05, 3.63) is 51.6 Å². The van der Waals surface area contributed by atoms with Gasteiger partial charge in [-0.25, -0.2) is 0 Å². The van der Waals surface area contributed by atoms with Crippen molar-refractivity contribution in [2.75, 3.05) is 30.6 Å². The van der Waals surface area contributed by atoms with Gasteiger partial charge in [-0.1, -0.05) is 6.92 Å².